The van der Waals surface area contributed by atoms with Crippen molar-refractivity contribution in [3.05, 3.63) is 36.5 Å². The van der Waals surface area contributed by atoms with Crippen molar-refractivity contribution >= 4 is 11.7 Å². The third kappa shape index (κ3) is 3.19. The summed E-state index contributed by atoms with van der Waals surface area (Å²) in [5, 5.41) is 0. The van der Waals surface area contributed by atoms with Crippen LogP contribution in [-0.4, -0.2) is 29.7 Å². The lowest BCUT2D eigenvalue weighted by Crippen LogP contribution is -2.14. The molecule has 2 aromatic rings. The highest BCUT2D eigenvalue weighted by atomic mass is 16.6. The van der Waals surface area contributed by atoms with Gasteiger partial charge in [0, 0.05) is 5.56 Å². The smallest absolute Gasteiger partial charge is 0.344 e. The average Bonchev–Trinajstić information content (AvgIpc) is 2.47. The Hall–Kier alpha value is -2.63. The van der Waals surface area contributed by atoms with E-state index in [0.29, 0.717) is 11.4 Å². The second-order valence-corrected chi connectivity index (χ2v) is 3.69. The Morgan fingerprint density at radius 1 is 1.32 bits per heavy atom. The predicted molar refractivity (Wildman–Crippen MR) is 69.4 cm³/mol. The zero-order valence-corrected chi connectivity index (χ0v) is 10.4. The van der Waals surface area contributed by atoms with Crippen LogP contribution in [-0.2, 0) is 9.53 Å². The van der Waals surface area contributed by atoms with Gasteiger partial charge < -0.3 is 15.2 Å². The van der Waals surface area contributed by atoms with Crippen molar-refractivity contribution in [1.29, 1.82) is 0 Å². The standard InChI is InChI=1S/C13H13N3O3/c1-18-11(17)8-19-13-15-7-10(14)12(16-13)9-5-3-2-4-6-9/h2-7H,8,14H2,1H3. The largest absolute Gasteiger partial charge is 0.466 e. The van der Waals surface area contributed by atoms with Crippen LogP contribution >= 0.6 is 0 Å². The summed E-state index contributed by atoms with van der Waals surface area (Å²) < 4.78 is 9.59. The van der Waals surface area contributed by atoms with E-state index in [9.17, 15) is 4.79 Å². The van der Waals surface area contributed by atoms with E-state index in [4.69, 9.17) is 10.5 Å². The lowest BCUT2D eigenvalue weighted by atomic mass is 10.1. The molecule has 0 radical (unpaired) electrons. The number of carbonyl (C=O) groups is 1. The van der Waals surface area contributed by atoms with E-state index in [0.717, 1.165) is 5.56 Å². The van der Waals surface area contributed by atoms with Crippen LogP contribution in [0.5, 0.6) is 6.01 Å². The van der Waals surface area contributed by atoms with E-state index < -0.39 is 5.97 Å². The summed E-state index contributed by atoms with van der Waals surface area (Å²) in [5.74, 6) is -0.498. The maximum absolute atomic E-state index is 11.0. The topological polar surface area (TPSA) is 87.3 Å². The lowest BCUT2D eigenvalue weighted by Gasteiger charge is -2.07. The van der Waals surface area contributed by atoms with E-state index in [1.54, 1.807) is 0 Å². The Morgan fingerprint density at radius 2 is 2.05 bits per heavy atom. The SMILES string of the molecule is COC(=O)COc1ncc(N)c(-c2ccccc2)n1. The van der Waals surface area contributed by atoms with Gasteiger partial charge in [-0.3, -0.25) is 0 Å². The number of aromatic nitrogens is 2. The molecule has 0 saturated heterocycles. The monoisotopic (exact) mass is 259 g/mol. The first-order chi connectivity index (χ1) is 9.20. The van der Waals surface area contributed by atoms with Crippen molar-refractivity contribution in [1.82, 2.24) is 9.97 Å². The summed E-state index contributed by atoms with van der Waals surface area (Å²) >= 11 is 0. The molecule has 1 aromatic heterocycles. The fourth-order valence-corrected chi connectivity index (χ4v) is 1.45. The van der Waals surface area contributed by atoms with Crippen LogP contribution in [0.2, 0.25) is 0 Å². The molecular formula is C13H13N3O3. The van der Waals surface area contributed by atoms with Gasteiger partial charge in [0.05, 0.1) is 19.0 Å². The number of nitrogens with zero attached hydrogens (tertiary/aromatic N) is 2. The van der Waals surface area contributed by atoms with E-state index in [2.05, 4.69) is 14.7 Å². The first kappa shape index (κ1) is 12.8. The Kier molecular flexibility index (Phi) is 3.92. The molecule has 0 aliphatic heterocycles. The van der Waals surface area contributed by atoms with Crippen molar-refractivity contribution in [3.8, 4) is 17.3 Å². The number of ether oxygens (including phenoxy) is 2. The van der Waals surface area contributed by atoms with Crippen LogP contribution in [0.25, 0.3) is 11.3 Å². The van der Waals surface area contributed by atoms with Crippen LogP contribution in [0.3, 0.4) is 0 Å². The van der Waals surface area contributed by atoms with Gasteiger partial charge in [-0.2, -0.15) is 4.98 Å². The number of hydrogen-bond donors (Lipinski definition) is 1. The number of rotatable bonds is 4. The summed E-state index contributed by atoms with van der Waals surface area (Å²) in [7, 11) is 1.28. The zero-order valence-electron chi connectivity index (χ0n) is 10.4. The Bertz CT molecular complexity index is 573. The van der Waals surface area contributed by atoms with Crippen molar-refractivity contribution < 1.29 is 14.3 Å². The second-order valence-electron chi connectivity index (χ2n) is 3.69. The van der Waals surface area contributed by atoms with Crippen molar-refractivity contribution in [2.45, 2.75) is 0 Å². The van der Waals surface area contributed by atoms with Gasteiger partial charge in [-0.05, 0) is 0 Å². The number of anilines is 1. The van der Waals surface area contributed by atoms with E-state index in [1.165, 1.54) is 13.3 Å². The molecule has 1 aromatic carbocycles. The highest BCUT2D eigenvalue weighted by molar-refractivity contribution is 5.72. The van der Waals surface area contributed by atoms with Crippen molar-refractivity contribution in [2.24, 2.45) is 0 Å². The highest BCUT2D eigenvalue weighted by Crippen LogP contribution is 2.24. The maximum Gasteiger partial charge on any atom is 0.344 e. The molecule has 0 amide bonds. The van der Waals surface area contributed by atoms with Gasteiger partial charge in [0.15, 0.2) is 6.61 Å². The summed E-state index contributed by atoms with van der Waals surface area (Å²) in [4.78, 5) is 19.1. The summed E-state index contributed by atoms with van der Waals surface area (Å²) in [5.41, 5.74) is 7.69. The maximum atomic E-state index is 11.0. The number of esters is 1. The number of carbonyl (C=O) groups excluding carboxylic acids is 1. The Morgan fingerprint density at radius 3 is 2.74 bits per heavy atom. The van der Waals surface area contributed by atoms with Crippen LogP contribution < -0.4 is 10.5 Å². The van der Waals surface area contributed by atoms with Gasteiger partial charge in [-0.25, -0.2) is 9.78 Å². The normalized spacial score (nSPS) is 9.95. The first-order valence-corrected chi connectivity index (χ1v) is 5.58. The predicted octanol–water partition coefficient (Wildman–Crippen LogP) is 1.28. The molecule has 0 bridgehead atoms. The third-order valence-electron chi connectivity index (χ3n) is 2.39. The Labute approximate surface area is 110 Å². The van der Waals surface area contributed by atoms with E-state index in [1.807, 2.05) is 30.3 Å². The molecule has 1 heterocycles. The quantitative estimate of drug-likeness (QED) is 0.832. The molecule has 2 rings (SSSR count). The minimum Gasteiger partial charge on any atom is -0.466 e. The fraction of sp³-hybridized carbons (Fsp3) is 0.154. The van der Waals surface area contributed by atoms with Crippen molar-refractivity contribution in [3.63, 3.8) is 0 Å². The van der Waals surface area contributed by atoms with Gasteiger partial charge in [-0.15, -0.1) is 0 Å². The second kappa shape index (κ2) is 5.81. The number of nitrogens with two attached hydrogens (primary N) is 1. The number of nitrogen functional groups attached to an aromatic ring is 1. The fourth-order valence-electron chi connectivity index (χ4n) is 1.45. The van der Waals surface area contributed by atoms with Gasteiger partial charge in [-0.1, -0.05) is 30.3 Å². The van der Waals surface area contributed by atoms with Crippen LogP contribution in [0.1, 0.15) is 0 Å². The van der Waals surface area contributed by atoms with E-state index in [-0.39, 0.29) is 12.6 Å². The average molecular weight is 259 g/mol. The molecular weight excluding hydrogens is 246 g/mol. The number of benzene rings is 1. The molecule has 0 atom stereocenters. The summed E-state index contributed by atoms with van der Waals surface area (Å²) in [6.45, 7) is -0.241. The molecule has 6 nitrogen and oxygen atoms in total. The minimum atomic E-state index is -0.498. The Balaban J connectivity index is 2.23. The van der Waals surface area contributed by atoms with Gasteiger partial charge in [0.2, 0.25) is 0 Å². The molecule has 0 aliphatic rings. The van der Waals surface area contributed by atoms with Crippen molar-refractivity contribution in [2.75, 3.05) is 19.5 Å². The van der Waals surface area contributed by atoms with Gasteiger partial charge in [0.25, 0.3) is 0 Å². The molecule has 0 fully saturated rings. The van der Waals surface area contributed by atoms with Crippen LogP contribution in [0.4, 0.5) is 5.69 Å². The molecule has 6 heteroatoms. The van der Waals surface area contributed by atoms with Crippen LogP contribution in [0.15, 0.2) is 36.5 Å². The molecule has 0 saturated carbocycles. The first-order valence-electron chi connectivity index (χ1n) is 5.58. The van der Waals surface area contributed by atoms with Gasteiger partial charge in [0.1, 0.15) is 5.69 Å². The molecule has 0 unspecified atom stereocenters. The zero-order chi connectivity index (χ0) is 13.7. The molecule has 0 aliphatic carbocycles. The lowest BCUT2D eigenvalue weighted by molar-refractivity contribution is -0.143. The summed E-state index contributed by atoms with van der Waals surface area (Å²) in [6.07, 6.45) is 1.45. The van der Waals surface area contributed by atoms with Crippen LogP contribution in [0, 0.1) is 0 Å². The molecule has 19 heavy (non-hydrogen) atoms. The number of methoxy groups -OCH3 is 1. The van der Waals surface area contributed by atoms with E-state index >= 15 is 0 Å². The third-order valence-corrected chi connectivity index (χ3v) is 2.39. The van der Waals surface area contributed by atoms with Gasteiger partial charge >= 0.3 is 12.0 Å². The number of hydrogen-bond acceptors (Lipinski definition) is 6. The molecule has 98 valence electrons. The highest BCUT2D eigenvalue weighted by Gasteiger charge is 2.09. The molecule has 2 N–H and O–H groups in total. The molecule has 0 spiro atoms. The summed E-state index contributed by atoms with van der Waals surface area (Å²) in [6, 6.07) is 9.50. The minimum absolute atomic E-state index is 0.0819.